The molecule has 2 heterocycles. The number of aliphatic imine (C=N–C) groups is 1. The highest BCUT2D eigenvalue weighted by Crippen LogP contribution is 2.31. The Kier molecular flexibility index (Phi) is 7.71. The van der Waals surface area contributed by atoms with Gasteiger partial charge in [0.2, 0.25) is 5.91 Å². The first kappa shape index (κ1) is 20.6. The van der Waals surface area contributed by atoms with Crippen LogP contribution in [-0.4, -0.2) is 67.5 Å². The van der Waals surface area contributed by atoms with Crippen LogP contribution >= 0.6 is 0 Å². The van der Waals surface area contributed by atoms with Gasteiger partial charge in [-0.05, 0) is 43.7 Å². The molecule has 2 N–H and O–H groups in total. The second-order valence-electron chi connectivity index (χ2n) is 7.91. The largest absolute Gasteiger partial charge is 0.355 e. The molecule has 6 nitrogen and oxygen atoms in total. The van der Waals surface area contributed by atoms with Crippen LogP contribution in [0.1, 0.15) is 38.2 Å². The van der Waals surface area contributed by atoms with Crippen molar-refractivity contribution in [3.8, 4) is 0 Å². The normalized spacial score (nSPS) is 23.2. The minimum absolute atomic E-state index is 0.0320. The van der Waals surface area contributed by atoms with Gasteiger partial charge >= 0.3 is 0 Å². The van der Waals surface area contributed by atoms with Crippen LogP contribution in [0.2, 0.25) is 0 Å². The highest BCUT2D eigenvalue weighted by Gasteiger charge is 2.36. The Balaban J connectivity index is 1.53. The number of nitrogens with zero attached hydrogens (tertiary/aromatic N) is 3. The molecule has 2 saturated heterocycles. The lowest BCUT2D eigenvalue weighted by Gasteiger charge is -2.48. The number of likely N-dealkylation sites (tertiary alicyclic amines) is 2. The summed E-state index contributed by atoms with van der Waals surface area (Å²) in [5, 5.41) is 6.15. The van der Waals surface area contributed by atoms with E-state index in [1.54, 1.807) is 7.05 Å². The molecule has 0 radical (unpaired) electrons. The summed E-state index contributed by atoms with van der Waals surface area (Å²) in [7, 11) is 1.81. The number of hydrogen-bond donors (Lipinski definition) is 2. The van der Waals surface area contributed by atoms with Crippen LogP contribution in [-0.2, 0) is 11.3 Å². The maximum absolute atomic E-state index is 11.9. The van der Waals surface area contributed by atoms with E-state index in [1.165, 1.54) is 24.9 Å². The third kappa shape index (κ3) is 5.47. The lowest BCUT2D eigenvalue weighted by atomic mass is 9.83. The molecular formula is C22H35N5O. The van der Waals surface area contributed by atoms with Crippen molar-refractivity contribution in [1.82, 2.24) is 20.4 Å². The Morgan fingerprint density at radius 3 is 2.75 bits per heavy atom. The summed E-state index contributed by atoms with van der Waals surface area (Å²) in [6.45, 7) is 7.32. The number of benzene rings is 1. The molecule has 0 bridgehead atoms. The Morgan fingerprint density at radius 2 is 2.00 bits per heavy atom. The molecular weight excluding hydrogens is 350 g/mol. The summed E-state index contributed by atoms with van der Waals surface area (Å²) < 4.78 is 0. The van der Waals surface area contributed by atoms with Gasteiger partial charge < -0.3 is 15.5 Å². The Labute approximate surface area is 169 Å². The fourth-order valence-electron chi connectivity index (χ4n) is 4.53. The van der Waals surface area contributed by atoms with Gasteiger partial charge in [-0.1, -0.05) is 37.3 Å². The third-order valence-corrected chi connectivity index (χ3v) is 5.90. The topological polar surface area (TPSA) is 60.0 Å². The minimum atomic E-state index is 0.0320. The molecule has 3 rings (SSSR count). The number of hydrogen-bond acceptors (Lipinski definition) is 3. The molecule has 1 amide bonds. The molecule has 0 aliphatic carbocycles. The second kappa shape index (κ2) is 10.5. The van der Waals surface area contributed by atoms with E-state index in [0.717, 1.165) is 45.0 Å². The minimum Gasteiger partial charge on any atom is -0.355 e. The number of fused-ring (bicyclic) bond motifs is 1. The molecule has 0 saturated carbocycles. The van der Waals surface area contributed by atoms with Crippen molar-refractivity contribution in [2.24, 2.45) is 10.9 Å². The van der Waals surface area contributed by atoms with Gasteiger partial charge in [-0.15, -0.1) is 0 Å². The molecule has 2 atom stereocenters. The predicted octanol–water partition coefficient (Wildman–Crippen LogP) is 2.07. The van der Waals surface area contributed by atoms with Gasteiger partial charge in [-0.2, -0.15) is 0 Å². The fourth-order valence-corrected chi connectivity index (χ4v) is 4.53. The van der Waals surface area contributed by atoms with E-state index < -0.39 is 0 Å². The lowest BCUT2D eigenvalue weighted by Crippen LogP contribution is -2.57. The smallest absolute Gasteiger partial charge is 0.239 e. The van der Waals surface area contributed by atoms with Gasteiger partial charge in [-0.25, -0.2) is 0 Å². The number of carbonyl (C=O) groups is 1. The molecule has 1 aromatic rings. The summed E-state index contributed by atoms with van der Waals surface area (Å²) in [5.41, 5.74) is 1.40. The molecule has 6 heteroatoms. The zero-order valence-corrected chi connectivity index (χ0v) is 17.4. The maximum Gasteiger partial charge on any atom is 0.239 e. The molecule has 2 aliphatic heterocycles. The van der Waals surface area contributed by atoms with E-state index >= 15 is 0 Å². The first-order valence-corrected chi connectivity index (χ1v) is 10.7. The van der Waals surface area contributed by atoms with Gasteiger partial charge in [0.25, 0.3) is 0 Å². The van der Waals surface area contributed by atoms with Crippen LogP contribution in [0, 0.1) is 5.92 Å². The standard InChI is InChI=1S/C22H35N5O/c1-3-12-24-21(28)15-25-22(23-2)27-14-11-20-19(17-27)10-7-13-26(20)16-18-8-5-4-6-9-18/h4-6,8-9,19-20H,3,7,10-17H2,1-2H3,(H,23,25)(H,24,28). The van der Waals surface area contributed by atoms with Crippen molar-refractivity contribution in [3.05, 3.63) is 35.9 Å². The Hall–Kier alpha value is -2.08. The van der Waals surface area contributed by atoms with E-state index in [1.807, 2.05) is 0 Å². The summed E-state index contributed by atoms with van der Waals surface area (Å²) in [6, 6.07) is 11.5. The van der Waals surface area contributed by atoms with Crippen molar-refractivity contribution >= 4 is 11.9 Å². The van der Waals surface area contributed by atoms with Crippen LogP contribution in [0.15, 0.2) is 35.3 Å². The van der Waals surface area contributed by atoms with Gasteiger partial charge in [0.1, 0.15) is 0 Å². The van der Waals surface area contributed by atoms with Gasteiger partial charge in [0, 0.05) is 39.3 Å². The van der Waals surface area contributed by atoms with Crippen molar-refractivity contribution in [2.75, 3.05) is 39.8 Å². The van der Waals surface area contributed by atoms with Crippen LogP contribution in [0.4, 0.5) is 0 Å². The molecule has 2 aliphatic rings. The van der Waals surface area contributed by atoms with Gasteiger partial charge in [-0.3, -0.25) is 14.7 Å². The first-order chi connectivity index (χ1) is 13.7. The molecule has 2 unspecified atom stereocenters. The SMILES string of the molecule is CCCNC(=O)CNC(=NC)N1CCC2C(CCCN2Cc2ccccc2)C1. The molecule has 154 valence electrons. The van der Waals surface area contributed by atoms with Gasteiger partial charge in [0.15, 0.2) is 5.96 Å². The Bertz CT molecular complexity index is 648. The van der Waals surface area contributed by atoms with E-state index in [9.17, 15) is 4.79 Å². The first-order valence-electron chi connectivity index (χ1n) is 10.7. The van der Waals surface area contributed by atoms with Crippen molar-refractivity contribution < 1.29 is 4.79 Å². The number of rotatable bonds is 6. The summed E-state index contributed by atoms with van der Waals surface area (Å²) in [6.07, 6.45) is 4.64. The molecule has 0 spiro atoms. The van der Waals surface area contributed by atoms with Crippen molar-refractivity contribution in [3.63, 3.8) is 0 Å². The van der Waals surface area contributed by atoms with Crippen molar-refractivity contribution in [2.45, 2.75) is 45.2 Å². The van der Waals surface area contributed by atoms with E-state index in [-0.39, 0.29) is 12.5 Å². The quantitative estimate of drug-likeness (QED) is 0.581. The third-order valence-electron chi connectivity index (χ3n) is 5.90. The number of nitrogens with one attached hydrogen (secondary N) is 2. The second-order valence-corrected chi connectivity index (χ2v) is 7.91. The number of guanidine groups is 1. The van der Waals surface area contributed by atoms with E-state index in [4.69, 9.17) is 0 Å². The van der Waals surface area contributed by atoms with Crippen LogP contribution in [0.5, 0.6) is 0 Å². The average Bonchev–Trinajstić information content (AvgIpc) is 2.73. The van der Waals surface area contributed by atoms with Crippen LogP contribution in [0.3, 0.4) is 0 Å². The summed E-state index contributed by atoms with van der Waals surface area (Å²) in [5.74, 6) is 1.55. The van der Waals surface area contributed by atoms with Crippen LogP contribution in [0.25, 0.3) is 0 Å². The highest BCUT2D eigenvalue weighted by molar-refractivity contribution is 5.86. The highest BCUT2D eigenvalue weighted by atomic mass is 16.1. The summed E-state index contributed by atoms with van der Waals surface area (Å²) >= 11 is 0. The van der Waals surface area contributed by atoms with Crippen molar-refractivity contribution in [1.29, 1.82) is 0 Å². The summed E-state index contributed by atoms with van der Waals surface area (Å²) in [4.78, 5) is 21.3. The number of carbonyl (C=O) groups excluding carboxylic acids is 1. The van der Waals surface area contributed by atoms with Gasteiger partial charge in [0.05, 0.1) is 6.54 Å². The maximum atomic E-state index is 11.9. The molecule has 2 fully saturated rings. The molecule has 0 aromatic heterocycles. The fraction of sp³-hybridized carbons (Fsp3) is 0.636. The number of amides is 1. The zero-order chi connectivity index (χ0) is 19.8. The Morgan fingerprint density at radius 1 is 1.18 bits per heavy atom. The molecule has 1 aromatic carbocycles. The van der Waals surface area contributed by atoms with E-state index in [2.05, 4.69) is 62.7 Å². The monoisotopic (exact) mass is 385 g/mol. The van der Waals surface area contributed by atoms with Crippen LogP contribution < -0.4 is 10.6 Å². The predicted molar refractivity (Wildman–Crippen MR) is 114 cm³/mol. The number of piperidine rings is 2. The average molecular weight is 386 g/mol. The zero-order valence-electron chi connectivity index (χ0n) is 17.4. The lowest BCUT2D eigenvalue weighted by molar-refractivity contribution is -0.120. The molecule has 28 heavy (non-hydrogen) atoms. The van der Waals surface area contributed by atoms with E-state index in [0.29, 0.717) is 12.0 Å².